The lowest BCUT2D eigenvalue weighted by Gasteiger charge is -2.43. The van der Waals surface area contributed by atoms with Crippen LogP contribution in [0.2, 0.25) is 5.04 Å². The number of aliphatic hydroxyl groups is 1. The summed E-state index contributed by atoms with van der Waals surface area (Å²) in [6, 6.07) is 20.0. The lowest BCUT2D eigenvalue weighted by atomic mass is 10.1. The molecule has 2 aliphatic carbocycles. The fourth-order valence-corrected chi connectivity index (χ4v) is 13.2. The first kappa shape index (κ1) is 83.0. The molecule has 0 amide bonds. The number of hydrogen-bond donors (Lipinski definition) is 2. The van der Waals surface area contributed by atoms with E-state index in [1.807, 2.05) is 88.4 Å². The van der Waals surface area contributed by atoms with Gasteiger partial charge >= 0.3 is 17.4 Å². The molecule has 0 aromatic heterocycles. The predicted molar refractivity (Wildman–Crippen MR) is 312 cm³/mol. The first-order valence-corrected chi connectivity index (χ1v) is 30.9. The van der Waals surface area contributed by atoms with Crippen LogP contribution in [0.25, 0.3) is 0 Å². The fourth-order valence-electron chi connectivity index (χ4n) is 8.22. The highest BCUT2D eigenvalue weighted by atomic mass is 31.1. The number of nitrogens with two attached hydrogens (primary N) is 1. The average molecular weight is 1150 g/mol. The smallest absolute Gasteiger partial charge is 0.327 e. The summed E-state index contributed by atoms with van der Waals surface area (Å²) in [6.45, 7) is 28.3. The second-order valence-electron chi connectivity index (χ2n) is 19.0. The van der Waals surface area contributed by atoms with Crippen molar-refractivity contribution in [2.24, 2.45) is 29.6 Å². The maximum absolute atomic E-state index is 14.4. The summed E-state index contributed by atoms with van der Waals surface area (Å²) in [4.78, 5) is 0. The van der Waals surface area contributed by atoms with Gasteiger partial charge in [-0.3, -0.25) is 9.05 Å². The Kier molecular flexibility index (Phi) is 58.8. The minimum atomic E-state index is -2.82. The van der Waals surface area contributed by atoms with Crippen LogP contribution in [0.15, 0.2) is 60.7 Å². The molecule has 0 spiro atoms. The number of halogens is 5. The van der Waals surface area contributed by atoms with Gasteiger partial charge in [-0.25, -0.2) is 26.7 Å². The first-order valence-electron chi connectivity index (χ1n) is 27.5. The maximum Gasteiger partial charge on any atom is 0.327 e. The lowest BCUT2D eigenvalue weighted by Crippen LogP contribution is -2.66. The van der Waals surface area contributed by atoms with E-state index in [0.717, 1.165) is 50.0 Å². The zero-order chi connectivity index (χ0) is 56.6. The van der Waals surface area contributed by atoms with Crippen LogP contribution in [0.1, 0.15) is 194 Å². The molecule has 2 saturated carbocycles. The fraction of sp³-hybridized carbons (Fsp3) is 0.793. The van der Waals surface area contributed by atoms with Crippen molar-refractivity contribution in [1.29, 1.82) is 0 Å². The molecule has 76 heavy (non-hydrogen) atoms. The van der Waals surface area contributed by atoms with E-state index in [1.165, 1.54) is 89.9 Å². The van der Waals surface area contributed by atoms with Crippen LogP contribution in [0.3, 0.4) is 0 Å². The quantitative estimate of drug-likeness (QED) is 0.0279. The Labute approximate surface area is 465 Å². The van der Waals surface area contributed by atoms with Crippen LogP contribution in [0.4, 0.5) is 22.0 Å². The van der Waals surface area contributed by atoms with E-state index in [1.54, 1.807) is 0 Å². The van der Waals surface area contributed by atoms with Crippen molar-refractivity contribution in [3.05, 3.63) is 60.7 Å². The molecule has 1 saturated heterocycles. The third-order valence-electron chi connectivity index (χ3n) is 12.5. The largest absolute Gasteiger partial charge is 0.407 e. The molecule has 450 valence electrons. The van der Waals surface area contributed by atoms with Crippen LogP contribution in [0, 0.1) is 23.7 Å². The van der Waals surface area contributed by atoms with E-state index in [2.05, 4.69) is 58.9 Å². The van der Waals surface area contributed by atoms with Gasteiger partial charge in [0.25, 0.3) is 20.2 Å². The molecule has 0 bridgehead atoms. The minimum absolute atomic E-state index is 0. The highest BCUT2D eigenvalue weighted by molar-refractivity contribution is 7.17. The van der Waals surface area contributed by atoms with Crippen LogP contribution in [0.5, 0.6) is 0 Å². The van der Waals surface area contributed by atoms with Crippen molar-refractivity contribution in [3.8, 4) is 0 Å². The molecule has 2 aromatic rings. The van der Waals surface area contributed by atoms with Crippen LogP contribution < -0.4 is 16.3 Å². The molecular weight excluding hydrogens is 1040 g/mol. The van der Waals surface area contributed by atoms with Gasteiger partial charge in [-0.1, -0.05) is 201 Å². The second kappa shape index (κ2) is 53.8. The Bertz CT molecular complexity index is 1440. The number of rotatable bonds is 28. The monoisotopic (exact) mass is 1150 g/mol. The van der Waals surface area contributed by atoms with Gasteiger partial charge in [0.2, 0.25) is 0 Å². The van der Waals surface area contributed by atoms with Gasteiger partial charge in [-0.15, -0.1) is 4.48 Å². The molecule has 3 aliphatic rings. The molecule has 4 atom stereocenters. The van der Waals surface area contributed by atoms with E-state index >= 15 is 0 Å². The molecule has 5 rings (SSSR count). The Hall–Kier alpha value is -1.81. The molecular formula is C58H110F5NO9P2Si. The molecule has 10 nitrogen and oxygen atoms in total. The second-order valence-corrected chi connectivity index (χ2v) is 24.2. The van der Waals surface area contributed by atoms with E-state index in [-0.39, 0.29) is 52.6 Å². The Balaban J connectivity index is -0.000000296. The zero-order valence-electron chi connectivity index (χ0n) is 47.5. The van der Waals surface area contributed by atoms with Crippen molar-refractivity contribution in [2.75, 3.05) is 66.1 Å². The van der Waals surface area contributed by atoms with Crippen LogP contribution in [-0.2, 0) is 36.8 Å². The molecule has 3 fully saturated rings. The van der Waals surface area contributed by atoms with Gasteiger partial charge in [-0.05, 0) is 68.8 Å². The third-order valence-corrected chi connectivity index (χ3v) is 18.1. The summed E-state index contributed by atoms with van der Waals surface area (Å²) in [5.74, 6) is -5.88. The van der Waals surface area contributed by atoms with Gasteiger partial charge in [0.15, 0.2) is 0 Å². The summed E-state index contributed by atoms with van der Waals surface area (Å²) in [5.41, 5.74) is 0. The van der Waals surface area contributed by atoms with Crippen LogP contribution >= 0.6 is 17.4 Å². The molecule has 1 heterocycles. The third kappa shape index (κ3) is 36.4. The summed E-state index contributed by atoms with van der Waals surface area (Å²) in [5, 5.41) is 10.4. The summed E-state index contributed by atoms with van der Waals surface area (Å²) >= 11 is 0. The number of aliphatic hydroxyl groups excluding tert-OH is 1. The van der Waals surface area contributed by atoms with Gasteiger partial charge < -0.3 is 23.7 Å². The van der Waals surface area contributed by atoms with E-state index in [0.29, 0.717) is 0 Å². The highest BCUT2D eigenvalue weighted by Crippen LogP contribution is 2.58. The maximum atomic E-state index is 14.4. The molecule has 4 unspecified atom stereocenters. The molecule has 3 N–H and O–H groups in total. The Morgan fingerprint density at radius 2 is 0.908 bits per heavy atom. The van der Waals surface area contributed by atoms with E-state index < -0.39 is 67.8 Å². The predicted octanol–water partition coefficient (Wildman–Crippen LogP) is 17.2. The van der Waals surface area contributed by atoms with Crippen molar-refractivity contribution in [2.45, 2.75) is 211 Å². The standard InChI is InChI=1S/C22H27F2O3PSi.2C8H18.C6H9F2O3P.C4H8O.2C4H10O.2CH4.FH2N/c1-21(2,3)29(17-10-6-4-7-11-17,18-12-8-5-9-13-18)27-16-20-19(22(20,23)24)14-15-26-28-25;2*1-3-5-7-8-6-4-2;7-6(8)4(5(6)3-9)1-2-11-12-10;1-2-4-5-3-1;2*1-3-5-4-2;;;1-2/h4-13,19-20H,14-16H2,1-3H3;2*3-8H2,1-2H3;4-5,9H,1-3H2;1-4H2;2*3-4H2,1-2H3;2*1H4;2H2. The topological polar surface area (TPSA) is 136 Å². The van der Waals surface area contributed by atoms with Gasteiger partial charge in [0.05, 0.1) is 31.7 Å². The average Bonchev–Trinajstić information content (AvgIpc) is 3.87. The first-order chi connectivity index (χ1) is 35.5. The minimum Gasteiger partial charge on any atom is -0.407 e. The van der Waals surface area contributed by atoms with Gasteiger partial charge in [-0.2, -0.15) is 5.96 Å². The number of alkyl halides is 4. The number of ether oxygens (including phenoxy) is 3. The van der Waals surface area contributed by atoms with Crippen molar-refractivity contribution in [3.63, 3.8) is 0 Å². The Morgan fingerprint density at radius 3 is 1.14 bits per heavy atom. The van der Waals surface area contributed by atoms with E-state index in [9.17, 15) is 26.7 Å². The molecule has 1 aliphatic heterocycles. The summed E-state index contributed by atoms with van der Waals surface area (Å²) < 4.78 is 113. The SMILES string of the molecule is C.C.C1CCOC1.CC(C)(C)[Si](OCC1C(CCOP=O)C1(F)F)(c1ccccc1)c1ccccc1.CCCCCCCC.CCCCCCCC.CCOCC.CCOCC.NF.O=POCCC1C(CO)C1(F)F. The number of benzene rings is 2. The Morgan fingerprint density at radius 1 is 0.579 bits per heavy atom. The number of unbranched alkanes of at least 4 members (excludes halogenated alkanes) is 10. The van der Waals surface area contributed by atoms with Gasteiger partial charge in [0, 0.05) is 58.1 Å². The molecule has 18 heteroatoms. The molecule has 0 radical (unpaired) electrons. The van der Waals surface area contributed by atoms with E-state index in [4.69, 9.17) is 32.7 Å². The lowest BCUT2D eigenvalue weighted by molar-refractivity contribution is 0.0693. The summed E-state index contributed by atoms with van der Waals surface area (Å²) in [6.07, 6.45) is 19.9. The number of hydrogen-bond acceptors (Lipinski definition) is 10. The van der Waals surface area contributed by atoms with Crippen molar-refractivity contribution < 1.29 is 64.0 Å². The normalized spacial score (nSPS) is 18.0. The van der Waals surface area contributed by atoms with Crippen LogP contribution in [-0.4, -0.2) is 91.3 Å². The zero-order valence-corrected chi connectivity index (χ0v) is 50.3. The van der Waals surface area contributed by atoms with Crippen molar-refractivity contribution in [1.82, 2.24) is 0 Å². The van der Waals surface area contributed by atoms with Crippen molar-refractivity contribution >= 4 is 36.1 Å². The summed E-state index contributed by atoms with van der Waals surface area (Å²) in [7, 11) is -3.78. The molecule has 2 aromatic carbocycles. The van der Waals surface area contributed by atoms with Gasteiger partial charge in [0.1, 0.15) is 0 Å². The highest BCUT2D eigenvalue weighted by Gasteiger charge is 2.68.